The van der Waals surface area contributed by atoms with E-state index in [1.165, 1.54) is 5.56 Å². The lowest BCUT2D eigenvalue weighted by Crippen LogP contribution is -2.10. The highest BCUT2D eigenvalue weighted by atomic mass is 35.5. The maximum atomic E-state index is 12.4. The number of anilines is 1. The van der Waals surface area contributed by atoms with Gasteiger partial charge in [-0.3, -0.25) is 14.6 Å². The molecule has 0 spiro atoms. The first-order chi connectivity index (χ1) is 19.0. The van der Waals surface area contributed by atoms with E-state index >= 15 is 0 Å². The van der Waals surface area contributed by atoms with E-state index in [9.17, 15) is 9.59 Å². The number of ketones is 1. The number of aliphatic carboxylic acids is 1. The molecule has 0 fully saturated rings. The van der Waals surface area contributed by atoms with Gasteiger partial charge in [-0.25, -0.2) is 0 Å². The normalized spacial score (nSPS) is 11.3. The third-order valence-corrected chi connectivity index (χ3v) is 7.29. The average Bonchev–Trinajstić information content (AvgIpc) is 2.92. The fourth-order valence-corrected chi connectivity index (χ4v) is 4.89. The summed E-state index contributed by atoms with van der Waals surface area (Å²) in [5, 5.41) is 13.5. The van der Waals surface area contributed by atoms with Crippen LogP contribution in [-0.2, 0) is 16.8 Å². The van der Waals surface area contributed by atoms with Crippen molar-refractivity contribution in [2.24, 2.45) is 0 Å². The highest BCUT2D eigenvalue weighted by Crippen LogP contribution is 2.33. The van der Waals surface area contributed by atoms with E-state index in [4.69, 9.17) is 28.3 Å². The minimum absolute atomic E-state index is 0.0405. The van der Waals surface area contributed by atoms with Gasteiger partial charge < -0.3 is 10.4 Å². The Labute approximate surface area is 245 Å². The van der Waals surface area contributed by atoms with Crippen molar-refractivity contribution in [1.82, 2.24) is 4.98 Å². The lowest BCUT2D eigenvalue weighted by atomic mass is 9.86. The van der Waals surface area contributed by atoms with Crippen LogP contribution in [0, 0.1) is 0 Å². The predicted octanol–water partition coefficient (Wildman–Crippen LogP) is 9.07. The summed E-state index contributed by atoms with van der Waals surface area (Å²) >= 11 is 13.0. The van der Waals surface area contributed by atoms with Crippen LogP contribution in [0.15, 0.2) is 79.0 Å². The lowest BCUT2D eigenvalue weighted by Gasteiger charge is -2.19. The molecular formula is C33H32Cl2N2O3. The first-order valence-corrected chi connectivity index (χ1v) is 13.9. The van der Waals surface area contributed by atoms with Crippen molar-refractivity contribution >= 4 is 40.6 Å². The summed E-state index contributed by atoms with van der Waals surface area (Å²) < 4.78 is 0. The van der Waals surface area contributed by atoms with Crippen LogP contribution in [0.5, 0.6) is 0 Å². The molecule has 0 aliphatic carbocycles. The Morgan fingerprint density at radius 1 is 0.850 bits per heavy atom. The number of carbonyl (C=O) groups is 2. The highest BCUT2D eigenvalue weighted by molar-refractivity contribution is 6.33. The third-order valence-electron chi connectivity index (χ3n) is 6.74. The van der Waals surface area contributed by atoms with Crippen LogP contribution in [0.3, 0.4) is 0 Å². The van der Waals surface area contributed by atoms with Crippen molar-refractivity contribution in [3.63, 3.8) is 0 Å². The molecule has 0 aliphatic rings. The van der Waals surface area contributed by atoms with Crippen molar-refractivity contribution < 1.29 is 14.7 Å². The van der Waals surface area contributed by atoms with Crippen molar-refractivity contribution in [2.75, 3.05) is 5.32 Å². The molecule has 3 aromatic carbocycles. The molecule has 0 unspecified atom stereocenters. The van der Waals surface area contributed by atoms with Gasteiger partial charge in [0.2, 0.25) is 0 Å². The second-order valence-corrected chi connectivity index (χ2v) is 11.6. The summed E-state index contributed by atoms with van der Waals surface area (Å²) in [5.41, 5.74) is 7.35. The number of halogens is 2. The molecule has 1 aromatic heterocycles. The number of Topliss-reactive ketones (excluding diaryl/α,β-unsaturated/α-hetero) is 1. The Hall–Kier alpha value is -3.67. The molecule has 1 heterocycles. The van der Waals surface area contributed by atoms with Crippen molar-refractivity contribution in [3.05, 3.63) is 106 Å². The number of benzene rings is 3. The van der Waals surface area contributed by atoms with Crippen molar-refractivity contribution in [1.29, 1.82) is 0 Å². The van der Waals surface area contributed by atoms with E-state index in [1.54, 1.807) is 12.3 Å². The van der Waals surface area contributed by atoms with Gasteiger partial charge in [0.05, 0.1) is 5.02 Å². The highest BCUT2D eigenvalue weighted by Gasteiger charge is 2.15. The Bertz CT molecular complexity index is 1510. The van der Waals surface area contributed by atoms with E-state index in [2.05, 4.69) is 55.3 Å². The maximum absolute atomic E-state index is 12.4. The van der Waals surface area contributed by atoms with Crippen LogP contribution >= 0.6 is 23.2 Å². The topological polar surface area (TPSA) is 79.3 Å². The zero-order chi connectivity index (χ0) is 28.9. The monoisotopic (exact) mass is 574 g/mol. The number of carboxylic acids is 1. The molecular weight excluding hydrogens is 543 g/mol. The summed E-state index contributed by atoms with van der Waals surface area (Å²) in [4.78, 5) is 27.4. The Morgan fingerprint density at radius 2 is 1.57 bits per heavy atom. The SMILES string of the molecule is CC(C)(C)c1ccc(-c2ccc(NCc3ccc(Cl)cc3-c3ccc(C(=O)CCCC(=O)O)nc3)cc2Cl)cc1. The molecule has 0 bridgehead atoms. The first kappa shape index (κ1) is 29.3. The molecule has 0 saturated carbocycles. The molecule has 0 aliphatic heterocycles. The minimum atomic E-state index is -0.915. The lowest BCUT2D eigenvalue weighted by molar-refractivity contribution is -0.137. The maximum Gasteiger partial charge on any atom is 0.303 e. The van der Waals surface area contributed by atoms with Gasteiger partial charge in [-0.05, 0) is 64.4 Å². The zero-order valence-electron chi connectivity index (χ0n) is 22.8. The smallest absolute Gasteiger partial charge is 0.303 e. The number of nitrogens with zero attached hydrogens (tertiary/aromatic N) is 1. The van der Waals surface area contributed by atoms with E-state index in [-0.39, 0.29) is 30.5 Å². The van der Waals surface area contributed by atoms with E-state index in [1.807, 2.05) is 42.5 Å². The fourth-order valence-electron chi connectivity index (χ4n) is 4.42. The quantitative estimate of drug-likeness (QED) is 0.185. The number of rotatable bonds is 10. The molecule has 5 nitrogen and oxygen atoms in total. The molecule has 7 heteroatoms. The van der Waals surface area contributed by atoms with Gasteiger partial charge in [0.15, 0.2) is 5.78 Å². The third kappa shape index (κ3) is 7.50. The summed E-state index contributed by atoms with van der Waals surface area (Å²) in [6, 6.07) is 23.7. The number of pyridine rings is 1. The number of aromatic nitrogens is 1. The predicted molar refractivity (Wildman–Crippen MR) is 163 cm³/mol. The van der Waals surface area contributed by atoms with Crippen LogP contribution in [0.1, 0.15) is 61.6 Å². The Kier molecular flexibility index (Phi) is 9.28. The van der Waals surface area contributed by atoms with Crippen LogP contribution in [-0.4, -0.2) is 21.8 Å². The summed E-state index contributed by atoms with van der Waals surface area (Å²) in [6.07, 6.45) is 2.04. The van der Waals surface area contributed by atoms with Crippen molar-refractivity contribution in [2.45, 2.75) is 52.0 Å². The van der Waals surface area contributed by atoms with E-state index in [0.717, 1.165) is 33.5 Å². The van der Waals surface area contributed by atoms with Gasteiger partial charge >= 0.3 is 5.97 Å². The number of carboxylic acid groups (broad SMARTS) is 1. The molecule has 2 N–H and O–H groups in total. The van der Waals surface area contributed by atoms with Gasteiger partial charge in [0, 0.05) is 47.4 Å². The van der Waals surface area contributed by atoms with E-state index < -0.39 is 5.97 Å². The van der Waals surface area contributed by atoms with Gasteiger partial charge in [-0.1, -0.05) is 86.4 Å². The summed E-state index contributed by atoms with van der Waals surface area (Å²) in [5.74, 6) is -1.09. The fraction of sp³-hybridized carbons (Fsp3) is 0.242. The Balaban J connectivity index is 1.47. The van der Waals surface area contributed by atoms with Crippen molar-refractivity contribution in [3.8, 4) is 22.3 Å². The summed E-state index contributed by atoms with van der Waals surface area (Å²) in [6.45, 7) is 7.11. The average molecular weight is 576 g/mol. The largest absolute Gasteiger partial charge is 0.481 e. The van der Waals surface area contributed by atoms with Crippen LogP contribution in [0.4, 0.5) is 5.69 Å². The molecule has 40 heavy (non-hydrogen) atoms. The van der Waals surface area contributed by atoms with Gasteiger partial charge in [-0.15, -0.1) is 0 Å². The molecule has 0 atom stereocenters. The minimum Gasteiger partial charge on any atom is -0.481 e. The van der Waals surface area contributed by atoms with Gasteiger partial charge in [0.25, 0.3) is 0 Å². The van der Waals surface area contributed by atoms with E-state index in [0.29, 0.717) is 22.3 Å². The molecule has 0 radical (unpaired) electrons. The van der Waals surface area contributed by atoms with Crippen LogP contribution in [0.2, 0.25) is 10.0 Å². The second-order valence-electron chi connectivity index (χ2n) is 10.8. The van der Waals surface area contributed by atoms with Gasteiger partial charge in [0.1, 0.15) is 5.69 Å². The van der Waals surface area contributed by atoms with Crippen LogP contribution in [0.25, 0.3) is 22.3 Å². The zero-order valence-corrected chi connectivity index (χ0v) is 24.3. The first-order valence-electron chi connectivity index (χ1n) is 13.2. The molecule has 4 aromatic rings. The standard InChI is InChI=1S/C33H32Cl2N2O3/c1-33(2,3)24-11-7-21(8-12-24)27-15-14-26(18-29(27)35)36-19-22-9-13-25(34)17-28(22)23-10-16-30(37-20-23)31(38)5-4-6-32(39)40/h7-18,20,36H,4-6,19H2,1-3H3,(H,39,40). The molecule has 4 rings (SSSR count). The van der Waals surface area contributed by atoms with Gasteiger partial charge in [-0.2, -0.15) is 0 Å². The number of hydrogen-bond donors (Lipinski definition) is 2. The molecule has 0 saturated heterocycles. The number of hydrogen-bond acceptors (Lipinski definition) is 4. The summed E-state index contributed by atoms with van der Waals surface area (Å²) in [7, 11) is 0. The second kappa shape index (κ2) is 12.7. The molecule has 206 valence electrons. The number of carbonyl (C=O) groups excluding carboxylic acids is 1. The Morgan fingerprint density at radius 3 is 2.20 bits per heavy atom. The molecule has 0 amide bonds. The number of nitrogens with one attached hydrogen (secondary N) is 1. The van der Waals surface area contributed by atoms with Crippen LogP contribution < -0.4 is 5.32 Å².